The lowest BCUT2D eigenvalue weighted by Crippen LogP contribution is -2.66. The Labute approximate surface area is 111 Å². The highest BCUT2D eigenvalue weighted by Crippen LogP contribution is 2.44. The second kappa shape index (κ2) is 5.08. The minimum Gasteiger partial charge on any atom is -0.383 e. The summed E-state index contributed by atoms with van der Waals surface area (Å²) in [6.45, 7) is 9.78. The Morgan fingerprint density at radius 3 is 2.56 bits per heavy atom. The van der Waals surface area contributed by atoms with Gasteiger partial charge in [0.1, 0.15) is 0 Å². The van der Waals surface area contributed by atoms with Crippen LogP contribution in [0, 0.1) is 5.92 Å². The van der Waals surface area contributed by atoms with Gasteiger partial charge in [0, 0.05) is 26.7 Å². The van der Waals surface area contributed by atoms with Gasteiger partial charge < -0.3 is 15.2 Å². The summed E-state index contributed by atoms with van der Waals surface area (Å²) < 4.78 is 11.5. The van der Waals surface area contributed by atoms with E-state index in [4.69, 9.17) is 15.2 Å². The van der Waals surface area contributed by atoms with Gasteiger partial charge in [0.2, 0.25) is 0 Å². The van der Waals surface area contributed by atoms with Gasteiger partial charge in [-0.25, -0.2) is 0 Å². The Hall–Kier alpha value is -0.160. The Morgan fingerprint density at radius 2 is 2.11 bits per heavy atom. The topological polar surface area (TPSA) is 47.7 Å². The van der Waals surface area contributed by atoms with Crippen molar-refractivity contribution >= 4 is 0 Å². The van der Waals surface area contributed by atoms with Gasteiger partial charge in [-0.2, -0.15) is 0 Å². The molecule has 1 aliphatic heterocycles. The minimum absolute atomic E-state index is 0.0179. The molecule has 1 aliphatic carbocycles. The van der Waals surface area contributed by atoms with Gasteiger partial charge in [0.15, 0.2) is 0 Å². The van der Waals surface area contributed by atoms with Crippen LogP contribution in [0.3, 0.4) is 0 Å². The largest absolute Gasteiger partial charge is 0.383 e. The summed E-state index contributed by atoms with van der Waals surface area (Å²) >= 11 is 0. The van der Waals surface area contributed by atoms with Crippen LogP contribution in [0.5, 0.6) is 0 Å². The lowest BCUT2D eigenvalue weighted by atomic mass is 9.88. The van der Waals surface area contributed by atoms with Crippen LogP contribution in [-0.4, -0.2) is 55.5 Å². The average Bonchev–Trinajstić information content (AvgIpc) is 3.07. The molecule has 2 aliphatic rings. The number of nitrogens with zero attached hydrogens (tertiary/aromatic N) is 1. The molecule has 0 aromatic heterocycles. The van der Waals surface area contributed by atoms with Crippen molar-refractivity contribution in [2.24, 2.45) is 11.7 Å². The summed E-state index contributed by atoms with van der Waals surface area (Å²) in [4.78, 5) is 2.53. The molecule has 0 radical (unpaired) electrons. The lowest BCUT2D eigenvalue weighted by molar-refractivity contribution is -0.163. The first-order valence-electron chi connectivity index (χ1n) is 7.05. The molecule has 2 unspecified atom stereocenters. The highest BCUT2D eigenvalue weighted by Gasteiger charge is 2.51. The van der Waals surface area contributed by atoms with Crippen molar-refractivity contribution in [1.29, 1.82) is 0 Å². The molecule has 4 heteroatoms. The number of hydrogen-bond donors (Lipinski definition) is 1. The van der Waals surface area contributed by atoms with Gasteiger partial charge in [-0.15, -0.1) is 0 Å². The van der Waals surface area contributed by atoms with Gasteiger partial charge in [-0.3, -0.25) is 4.90 Å². The summed E-state index contributed by atoms with van der Waals surface area (Å²) in [5.41, 5.74) is 6.06. The Bertz CT molecular complexity index is 292. The Balaban J connectivity index is 2.19. The van der Waals surface area contributed by atoms with Crippen molar-refractivity contribution in [3.8, 4) is 0 Å². The van der Waals surface area contributed by atoms with E-state index >= 15 is 0 Å². The lowest BCUT2D eigenvalue weighted by Gasteiger charge is -2.51. The number of morpholine rings is 1. The number of rotatable bonds is 5. The van der Waals surface area contributed by atoms with E-state index in [1.807, 2.05) is 0 Å². The van der Waals surface area contributed by atoms with Gasteiger partial charge in [-0.05, 0) is 39.5 Å². The summed E-state index contributed by atoms with van der Waals surface area (Å²) in [5.74, 6) is 0.698. The third kappa shape index (κ3) is 2.72. The molecule has 2 fully saturated rings. The molecular weight excluding hydrogens is 228 g/mol. The monoisotopic (exact) mass is 256 g/mol. The van der Waals surface area contributed by atoms with Crippen molar-refractivity contribution in [2.45, 2.75) is 50.9 Å². The number of methoxy groups -OCH3 is 1. The van der Waals surface area contributed by atoms with E-state index in [2.05, 4.69) is 25.7 Å². The fourth-order valence-electron chi connectivity index (χ4n) is 3.49. The molecule has 0 amide bonds. The third-order valence-electron chi connectivity index (χ3n) is 4.28. The molecule has 106 valence electrons. The fourth-order valence-corrected chi connectivity index (χ4v) is 3.49. The van der Waals surface area contributed by atoms with Gasteiger partial charge in [0.05, 0.1) is 23.9 Å². The van der Waals surface area contributed by atoms with Crippen molar-refractivity contribution < 1.29 is 9.47 Å². The van der Waals surface area contributed by atoms with Crippen molar-refractivity contribution in [2.75, 3.05) is 33.4 Å². The van der Waals surface area contributed by atoms with Crippen molar-refractivity contribution in [1.82, 2.24) is 4.90 Å². The Kier molecular flexibility index (Phi) is 4.02. The van der Waals surface area contributed by atoms with E-state index in [0.717, 1.165) is 19.7 Å². The molecule has 0 aromatic carbocycles. The van der Waals surface area contributed by atoms with Crippen LogP contribution < -0.4 is 5.73 Å². The highest BCUT2D eigenvalue weighted by molar-refractivity contribution is 5.06. The van der Waals surface area contributed by atoms with Crippen molar-refractivity contribution in [3.63, 3.8) is 0 Å². The van der Waals surface area contributed by atoms with Crippen LogP contribution >= 0.6 is 0 Å². The molecule has 2 N–H and O–H groups in total. The van der Waals surface area contributed by atoms with E-state index < -0.39 is 0 Å². The summed E-state index contributed by atoms with van der Waals surface area (Å²) in [6.07, 6.45) is 2.83. The zero-order chi connectivity index (χ0) is 13.4. The number of nitrogens with two attached hydrogens (primary N) is 1. The molecule has 1 saturated carbocycles. The molecule has 0 spiro atoms. The molecule has 0 bridgehead atoms. The number of hydrogen-bond acceptors (Lipinski definition) is 4. The van der Waals surface area contributed by atoms with Crippen LogP contribution in [0.1, 0.15) is 33.6 Å². The third-order valence-corrected chi connectivity index (χ3v) is 4.28. The smallest absolute Gasteiger partial charge is 0.0757 e. The standard InChI is InChI=1S/C14H28N2O2/c1-11-7-16(9-13(2,3)18-11)14(8-15,10-17-4)12-5-6-12/h11-12H,5-10,15H2,1-4H3. The van der Waals surface area contributed by atoms with E-state index in [1.165, 1.54) is 12.8 Å². The molecule has 4 nitrogen and oxygen atoms in total. The highest BCUT2D eigenvalue weighted by atomic mass is 16.5. The van der Waals surface area contributed by atoms with Gasteiger partial charge in [0.25, 0.3) is 0 Å². The van der Waals surface area contributed by atoms with E-state index in [9.17, 15) is 0 Å². The SMILES string of the molecule is COCC(CN)(C1CC1)N1CC(C)OC(C)(C)C1. The normalized spacial score (nSPS) is 32.2. The van der Waals surface area contributed by atoms with Crippen LogP contribution in [0.2, 0.25) is 0 Å². The van der Waals surface area contributed by atoms with Crippen molar-refractivity contribution in [3.05, 3.63) is 0 Å². The quantitative estimate of drug-likeness (QED) is 0.804. The second-order valence-corrected chi connectivity index (χ2v) is 6.58. The first kappa shape index (κ1) is 14.3. The Morgan fingerprint density at radius 1 is 1.44 bits per heavy atom. The molecule has 1 heterocycles. The summed E-state index contributed by atoms with van der Waals surface area (Å²) in [6, 6.07) is 0. The van der Waals surface area contributed by atoms with Gasteiger partial charge >= 0.3 is 0 Å². The van der Waals surface area contributed by atoms with Crippen LogP contribution in [0.15, 0.2) is 0 Å². The van der Waals surface area contributed by atoms with E-state index in [0.29, 0.717) is 12.5 Å². The maximum Gasteiger partial charge on any atom is 0.0757 e. The molecule has 0 aromatic rings. The predicted molar refractivity (Wildman–Crippen MR) is 72.6 cm³/mol. The maximum absolute atomic E-state index is 6.14. The summed E-state index contributed by atoms with van der Waals surface area (Å²) in [7, 11) is 1.78. The van der Waals surface area contributed by atoms with Gasteiger partial charge in [-0.1, -0.05) is 0 Å². The fraction of sp³-hybridized carbons (Fsp3) is 1.00. The van der Waals surface area contributed by atoms with Crippen LogP contribution in [0.25, 0.3) is 0 Å². The zero-order valence-electron chi connectivity index (χ0n) is 12.2. The predicted octanol–water partition coefficient (Wildman–Crippen LogP) is 1.24. The van der Waals surface area contributed by atoms with E-state index in [1.54, 1.807) is 7.11 Å². The minimum atomic E-state index is -0.0965. The summed E-state index contributed by atoms with van der Waals surface area (Å²) in [5, 5.41) is 0. The van der Waals surface area contributed by atoms with Crippen LogP contribution in [-0.2, 0) is 9.47 Å². The maximum atomic E-state index is 6.14. The first-order valence-corrected chi connectivity index (χ1v) is 7.05. The van der Waals surface area contributed by atoms with E-state index in [-0.39, 0.29) is 17.2 Å². The molecule has 1 saturated heterocycles. The molecule has 2 rings (SSSR count). The van der Waals surface area contributed by atoms with Crippen LogP contribution in [0.4, 0.5) is 0 Å². The molecule has 2 atom stereocenters. The number of ether oxygens (including phenoxy) is 2. The first-order chi connectivity index (χ1) is 8.43. The zero-order valence-corrected chi connectivity index (χ0v) is 12.2. The average molecular weight is 256 g/mol. The second-order valence-electron chi connectivity index (χ2n) is 6.58. The molecular formula is C14H28N2O2. The molecule has 18 heavy (non-hydrogen) atoms.